The molecule has 5 heteroatoms. The van der Waals surface area contributed by atoms with E-state index in [1.54, 1.807) is 6.20 Å². The molecule has 1 aromatic carbocycles. The third kappa shape index (κ3) is 4.22. The summed E-state index contributed by atoms with van der Waals surface area (Å²) in [6.45, 7) is 9.51. The molecule has 1 aromatic heterocycles. The van der Waals surface area contributed by atoms with Gasteiger partial charge in [0.1, 0.15) is 5.75 Å². The number of pyridine rings is 1. The second-order valence-electron chi connectivity index (χ2n) is 6.89. The summed E-state index contributed by atoms with van der Waals surface area (Å²) in [4.78, 5) is 21.0. The zero-order valence-corrected chi connectivity index (χ0v) is 15.8. The molecule has 0 bridgehead atoms. The van der Waals surface area contributed by atoms with Crippen molar-refractivity contribution in [3.05, 3.63) is 59.4 Å². The number of piperazine rings is 1. The van der Waals surface area contributed by atoms with E-state index in [2.05, 4.69) is 22.9 Å². The first-order chi connectivity index (χ1) is 12.6. The van der Waals surface area contributed by atoms with E-state index in [9.17, 15) is 4.79 Å². The van der Waals surface area contributed by atoms with E-state index in [1.165, 1.54) is 5.56 Å². The molecule has 1 unspecified atom stereocenters. The van der Waals surface area contributed by atoms with Crippen LogP contribution in [0, 0.1) is 13.8 Å². The van der Waals surface area contributed by atoms with E-state index in [4.69, 9.17) is 4.74 Å². The van der Waals surface area contributed by atoms with Crippen molar-refractivity contribution in [1.82, 2.24) is 14.8 Å². The molecule has 26 heavy (non-hydrogen) atoms. The summed E-state index contributed by atoms with van der Waals surface area (Å²) in [5.74, 6) is 0.881. The lowest BCUT2D eigenvalue weighted by Gasteiger charge is -2.38. The number of carbonyl (C=O) groups is 1. The Morgan fingerprint density at radius 2 is 1.81 bits per heavy atom. The van der Waals surface area contributed by atoms with Crippen LogP contribution in [-0.2, 0) is 4.79 Å². The van der Waals surface area contributed by atoms with Crippen LogP contribution in [0.15, 0.2) is 42.7 Å². The molecule has 1 aliphatic heterocycles. The number of para-hydroxylation sites is 1. The fraction of sp³-hybridized carbons (Fsp3) is 0.429. The molecule has 3 rings (SSSR count). The van der Waals surface area contributed by atoms with Crippen molar-refractivity contribution in [2.45, 2.75) is 26.8 Å². The summed E-state index contributed by atoms with van der Waals surface area (Å²) in [5.41, 5.74) is 3.34. The lowest BCUT2D eigenvalue weighted by atomic mass is 10.1. The van der Waals surface area contributed by atoms with Crippen LogP contribution in [0.1, 0.15) is 29.7 Å². The van der Waals surface area contributed by atoms with Crippen molar-refractivity contribution in [3.8, 4) is 5.75 Å². The molecular formula is C21H27N3O2. The zero-order chi connectivity index (χ0) is 18.5. The molecule has 1 fully saturated rings. The van der Waals surface area contributed by atoms with Crippen LogP contribution < -0.4 is 4.74 Å². The fourth-order valence-electron chi connectivity index (χ4n) is 3.44. The number of nitrogens with zero attached hydrogens (tertiary/aromatic N) is 3. The van der Waals surface area contributed by atoms with Gasteiger partial charge in [-0.15, -0.1) is 0 Å². The Balaban J connectivity index is 1.51. The van der Waals surface area contributed by atoms with Gasteiger partial charge in [0.2, 0.25) is 0 Å². The minimum absolute atomic E-state index is 0.0568. The number of rotatable bonds is 5. The molecule has 0 saturated carbocycles. The van der Waals surface area contributed by atoms with E-state index >= 15 is 0 Å². The Morgan fingerprint density at radius 1 is 1.12 bits per heavy atom. The highest BCUT2D eigenvalue weighted by molar-refractivity contribution is 5.78. The molecule has 1 atom stereocenters. The quantitative estimate of drug-likeness (QED) is 0.829. The Morgan fingerprint density at radius 3 is 2.42 bits per heavy atom. The monoisotopic (exact) mass is 353 g/mol. The molecule has 0 spiro atoms. The van der Waals surface area contributed by atoms with Crippen molar-refractivity contribution in [2.75, 3.05) is 32.8 Å². The molecular weight excluding hydrogens is 326 g/mol. The van der Waals surface area contributed by atoms with E-state index in [1.807, 2.05) is 49.2 Å². The molecule has 2 heterocycles. The number of aromatic nitrogens is 1. The van der Waals surface area contributed by atoms with Gasteiger partial charge in [-0.25, -0.2) is 0 Å². The highest BCUT2D eigenvalue weighted by atomic mass is 16.5. The van der Waals surface area contributed by atoms with Gasteiger partial charge in [-0.1, -0.05) is 24.3 Å². The standard InChI is InChI=1S/C21H27N3O2/c1-16-6-4-7-17(2)21(16)26-15-20(25)24-12-10-23(11-13-24)18(3)19-8-5-9-22-14-19/h4-9,14,18H,10-13,15H2,1-3H3. The molecule has 0 radical (unpaired) electrons. The van der Waals surface area contributed by atoms with E-state index in [0.29, 0.717) is 6.04 Å². The van der Waals surface area contributed by atoms with E-state index in [-0.39, 0.29) is 12.5 Å². The molecule has 2 aromatic rings. The first kappa shape index (κ1) is 18.4. The minimum atomic E-state index is 0.0568. The van der Waals surface area contributed by atoms with Gasteiger partial charge in [-0.2, -0.15) is 0 Å². The summed E-state index contributed by atoms with van der Waals surface area (Å²) >= 11 is 0. The van der Waals surface area contributed by atoms with Crippen LogP contribution in [0.2, 0.25) is 0 Å². The van der Waals surface area contributed by atoms with Crippen LogP contribution in [-0.4, -0.2) is 53.5 Å². The van der Waals surface area contributed by atoms with Gasteiger partial charge in [0, 0.05) is 44.6 Å². The highest BCUT2D eigenvalue weighted by Crippen LogP contribution is 2.23. The largest absolute Gasteiger partial charge is 0.483 e. The summed E-state index contributed by atoms with van der Waals surface area (Å²) in [6.07, 6.45) is 3.71. The third-order valence-electron chi connectivity index (χ3n) is 5.13. The summed E-state index contributed by atoms with van der Waals surface area (Å²) in [7, 11) is 0. The number of aryl methyl sites for hydroxylation is 2. The number of hydrogen-bond donors (Lipinski definition) is 0. The minimum Gasteiger partial charge on any atom is -0.483 e. The molecule has 0 aliphatic carbocycles. The average molecular weight is 353 g/mol. The van der Waals surface area contributed by atoms with Gasteiger partial charge in [0.15, 0.2) is 6.61 Å². The summed E-state index contributed by atoms with van der Waals surface area (Å²) in [6, 6.07) is 10.4. The zero-order valence-electron chi connectivity index (χ0n) is 15.8. The summed E-state index contributed by atoms with van der Waals surface area (Å²) < 4.78 is 5.81. The average Bonchev–Trinajstić information content (AvgIpc) is 2.67. The Kier molecular flexibility index (Phi) is 5.89. The van der Waals surface area contributed by atoms with Gasteiger partial charge in [-0.3, -0.25) is 14.7 Å². The predicted octanol–water partition coefficient (Wildman–Crippen LogP) is 2.98. The molecule has 1 aliphatic rings. The number of carbonyl (C=O) groups excluding carboxylic acids is 1. The molecule has 0 N–H and O–H groups in total. The van der Waals surface area contributed by atoms with Gasteiger partial charge < -0.3 is 9.64 Å². The third-order valence-corrected chi connectivity index (χ3v) is 5.13. The van der Waals surface area contributed by atoms with E-state index in [0.717, 1.165) is 43.1 Å². The maximum absolute atomic E-state index is 12.5. The normalized spacial score (nSPS) is 16.3. The van der Waals surface area contributed by atoms with Crippen LogP contribution in [0.5, 0.6) is 5.75 Å². The smallest absolute Gasteiger partial charge is 0.260 e. The number of amides is 1. The van der Waals surface area contributed by atoms with Crippen molar-refractivity contribution in [2.24, 2.45) is 0 Å². The molecule has 1 amide bonds. The predicted molar refractivity (Wildman–Crippen MR) is 102 cm³/mol. The van der Waals surface area contributed by atoms with Crippen LogP contribution in [0.4, 0.5) is 0 Å². The lowest BCUT2D eigenvalue weighted by molar-refractivity contribution is -0.135. The maximum Gasteiger partial charge on any atom is 0.260 e. The van der Waals surface area contributed by atoms with E-state index < -0.39 is 0 Å². The van der Waals surface area contributed by atoms with Crippen LogP contribution in [0.25, 0.3) is 0 Å². The van der Waals surface area contributed by atoms with Gasteiger partial charge in [0.05, 0.1) is 0 Å². The van der Waals surface area contributed by atoms with Gasteiger partial charge in [-0.05, 0) is 43.5 Å². The molecule has 5 nitrogen and oxygen atoms in total. The number of ether oxygens (including phenoxy) is 1. The van der Waals surface area contributed by atoms with Crippen molar-refractivity contribution >= 4 is 5.91 Å². The first-order valence-corrected chi connectivity index (χ1v) is 9.17. The van der Waals surface area contributed by atoms with Crippen LogP contribution in [0.3, 0.4) is 0 Å². The first-order valence-electron chi connectivity index (χ1n) is 9.17. The Hall–Kier alpha value is -2.40. The van der Waals surface area contributed by atoms with Crippen LogP contribution >= 0.6 is 0 Å². The molecule has 1 saturated heterocycles. The summed E-state index contributed by atoms with van der Waals surface area (Å²) in [5, 5.41) is 0. The fourth-order valence-corrected chi connectivity index (χ4v) is 3.44. The lowest BCUT2D eigenvalue weighted by Crippen LogP contribution is -2.50. The second kappa shape index (κ2) is 8.32. The Bertz CT molecular complexity index is 720. The maximum atomic E-state index is 12.5. The molecule has 138 valence electrons. The number of benzene rings is 1. The second-order valence-corrected chi connectivity index (χ2v) is 6.89. The SMILES string of the molecule is Cc1cccc(C)c1OCC(=O)N1CCN(C(C)c2cccnc2)CC1. The topological polar surface area (TPSA) is 45.7 Å². The van der Waals surface area contributed by atoms with Crippen molar-refractivity contribution in [1.29, 1.82) is 0 Å². The van der Waals surface area contributed by atoms with Crippen molar-refractivity contribution < 1.29 is 9.53 Å². The van der Waals surface area contributed by atoms with Crippen molar-refractivity contribution in [3.63, 3.8) is 0 Å². The highest BCUT2D eigenvalue weighted by Gasteiger charge is 2.25. The number of hydrogen-bond acceptors (Lipinski definition) is 4. The van der Waals surface area contributed by atoms with Gasteiger partial charge in [0.25, 0.3) is 5.91 Å². The van der Waals surface area contributed by atoms with Gasteiger partial charge >= 0.3 is 0 Å². The Labute approximate surface area is 155 Å².